The quantitative estimate of drug-likeness (QED) is 0.590. The number of phenols is 1. The Hall–Kier alpha value is -2.18. The first kappa shape index (κ1) is 18.6. The van der Waals surface area contributed by atoms with Crippen LogP contribution in [-0.4, -0.2) is 21.0 Å². The maximum absolute atomic E-state index is 12.9. The number of fused-ring (bicyclic) bond motifs is 1. The van der Waals surface area contributed by atoms with Crippen LogP contribution in [0.3, 0.4) is 0 Å². The van der Waals surface area contributed by atoms with Gasteiger partial charge in [-0.1, -0.05) is 40.9 Å². The summed E-state index contributed by atoms with van der Waals surface area (Å²) in [5, 5.41) is 15.2. The maximum Gasteiger partial charge on any atom is 0.282 e. The minimum atomic E-state index is -0.250. The Morgan fingerprint density at radius 1 is 1.31 bits per heavy atom. The highest BCUT2D eigenvalue weighted by Crippen LogP contribution is 2.20. The first-order chi connectivity index (χ1) is 12.5. The zero-order valence-corrected chi connectivity index (χ0v) is 16.5. The van der Waals surface area contributed by atoms with Crippen LogP contribution in [0.1, 0.15) is 31.2 Å². The summed E-state index contributed by atoms with van der Waals surface area (Å²) in [5.74, 6) is 0.627. The molecule has 1 heterocycles. The third kappa shape index (κ3) is 3.97. The molecule has 3 aromatic rings. The molecule has 0 unspecified atom stereocenters. The predicted octanol–water partition coefficient (Wildman–Crippen LogP) is 4.74. The highest BCUT2D eigenvalue weighted by molar-refractivity contribution is 9.10. The fourth-order valence-electron chi connectivity index (χ4n) is 2.56. The van der Waals surface area contributed by atoms with E-state index >= 15 is 0 Å². The van der Waals surface area contributed by atoms with Gasteiger partial charge in [0.25, 0.3) is 5.56 Å². The van der Waals surface area contributed by atoms with Gasteiger partial charge in [-0.05, 0) is 42.8 Å². The molecule has 5 nitrogen and oxygen atoms in total. The smallest absolute Gasteiger partial charge is 0.282 e. The second-order valence-electron chi connectivity index (χ2n) is 5.86. The molecule has 3 rings (SSSR count). The largest absolute Gasteiger partial charge is 0.507 e. The Balaban J connectivity index is 2.15. The van der Waals surface area contributed by atoms with Crippen molar-refractivity contribution in [3.05, 3.63) is 67.6 Å². The standard InChI is InChI=1S/C19H17BrClN3O2/c1-2-3-4-18-23-16-7-5-13(20)10-15(16)19(26)24(18)22-11-12-9-14(21)6-8-17(12)25/h5-11,25H,2-4H2,1H3. The molecule has 0 saturated carbocycles. The summed E-state index contributed by atoms with van der Waals surface area (Å²) < 4.78 is 2.10. The molecule has 0 saturated heterocycles. The Morgan fingerprint density at radius 2 is 2.12 bits per heavy atom. The second kappa shape index (κ2) is 8.01. The lowest BCUT2D eigenvalue weighted by atomic mass is 10.2. The summed E-state index contributed by atoms with van der Waals surface area (Å²) in [6, 6.07) is 10.1. The van der Waals surface area contributed by atoms with Crippen molar-refractivity contribution in [3.8, 4) is 5.75 Å². The van der Waals surface area contributed by atoms with E-state index in [0.717, 1.165) is 17.3 Å². The molecule has 0 aliphatic rings. The predicted molar refractivity (Wildman–Crippen MR) is 108 cm³/mol. The molecule has 7 heteroatoms. The second-order valence-corrected chi connectivity index (χ2v) is 7.21. The van der Waals surface area contributed by atoms with Gasteiger partial charge < -0.3 is 5.11 Å². The van der Waals surface area contributed by atoms with Crippen molar-refractivity contribution >= 4 is 44.6 Å². The number of unbranched alkanes of at least 4 members (excludes halogenated alkanes) is 1. The van der Waals surface area contributed by atoms with Gasteiger partial charge in [-0.15, -0.1) is 0 Å². The summed E-state index contributed by atoms with van der Waals surface area (Å²) in [6.45, 7) is 2.08. The Labute approximate surface area is 164 Å². The molecule has 0 radical (unpaired) electrons. The van der Waals surface area contributed by atoms with Crippen molar-refractivity contribution in [3.63, 3.8) is 0 Å². The number of hydrogen-bond donors (Lipinski definition) is 1. The van der Waals surface area contributed by atoms with E-state index in [1.165, 1.54) is 17.0 Å². The van der Waals surface area contributed by atoms with Gasteiger partial charge >= 0.3 is 0 Å². The maximum atomic E-state index is 12.9. The highest BCUT2D eigenvalue weighted by Gasteiger charge is 2.11. The number of aryl methyl sites for hydroxylation is 1. The zero-order chi connectivity index (χ0) is 18.7. The van der Waals surface area contributed by atoms with Crippen molar-refractivity contribution < 1.29 is 5.11 Å². The Kier molecular flexibility index (Phi) is 5.74. The van der Waals surface area contributed by atoms with E-state index in [2.05, 4.69) is 32.9 Å². The summed E-state index contributed by atoms with van der Waals surface area (Å²) >= 11 is 9.35. The lowest BCUT2D eigenvalue weighted by molar-refractivity contribution is 0.474. The third-order valence-electron chi connectivity index (χ3n) is 3.93. The van der Waals surface area contributed by atoms with Crippen LogP contribution < -0.4 is 5.56 Å². The molecule has 0 atom stereocenters. The van der Waals surface area contributed by atoms with Crippen LogP contribution in [0.5, 0.6) is 5.75 Å². The molecule has 0 bridgehead atoms. The molecule has 2 aromatic carbocycles. The van der Waals surface area contributed by atoms with E-state index in [0.29, 0.717) is 33.7 Å². The number of halogens is 2. The Morgan fingerprint density at radius 3 is 2.88 bits per heavy atom. The van der Waals surface area contributed by atoms with Gasteiger partial charge in [0.15, 0.2) is 0 Å². The zero-order valence-electron chi connectivity index (χ0n) is 14.1. The Bertz CT molecular complexity index is 1050. The number of hydrogen-bond acceptors (Lipinski definition) is 4. The molecule has 0 aliphatic heterocycles. The summed E-state index contributed by atoms with van der Waals surface area (Å²) in [6.07, 6.45) is 3.93. The first-order valence-electron chi connectivity index (χ1n) is 8.23. The van der Waals surface area contributed by atoms with Gasteiger partial charge in [-0.25, -0.2) is 4.98 Å². The molecule has 1 aromatic heterocycles. The minimum Gasteiger partial charge on any atom is -0.507 e. The van der Waals surface area contributed by atoms with Gasteiger partial charge in [0.2, 0.25) is 0 Å². The summed E-state index contributed by atoms with van der Waals surface area (Å²) in [5.41, 5.74) is 0.821. The van der Waals surface area contributed by atoms with E-state index in [-0.39, 0.29) is 11.3 Å². The topological polar surface area (TPSA) is 67.5 Å². The number of phenolic OH excluding ortho intramolecular Hbond substituents is 1. The van der Waals surface area contributed by atoms with E-state index in [4.69, 9.17) is 11.6 Å². The van der Waals surface area contributed by atoms with Crippen molar-refractivity contribution in [1.82, 2.24) is 9.66 Å². The van der Waals surface area contributed by atoms with Gasteiger partial charge in [0.05, 0.1) is 17.1 Å². The molecule has 1 N–H and O–H groups in total. The average Bonchev–Trinajstić information content (AvgIpc) is 2.62. The molecule has 0 aliphatic carbocycles. The van der Waals surface area contributed by atoms with Crippen LogP contribution in [0.25, 0.3) is 10.9 Å². The lowest BCUT2D eigenvalue weighted by Gasteiger charge is -2.09. The molecule has 0 spiro atoms. The van der Waals surface area contributed by atoms with Gasteiger partial charge in [0, 0.05) is 21.5 Å². The SMILES string of the molecule is CCCCc1nc2ccc(Br)cc2c(=O)n1N=Cc1cc(Cl)ccc1O. The third-order valence-corrected chi connectivity index (χ3v) is 4.66. The van der Waals surface area contributed by atoms with Gasteiger partial charge in [0.1, 0.15) is 11.6 Å². The van der Waals surface area contributed by atoms with Crippen LogP contribution >= 0.6 is 27.5 Å². The number of aromatic nitrogens is 2. The van der Waals surface area contributed by atoms with E-state index in [9.17, 15) is 9.90 Å². The van der Waals surface area contributed by atoms with Crippen molar-refractivity contribution in [1.29, 1.82) is 0 Å². The number of rotatable bonds is 5. The minimum absolute atomic E-state index is 0.0396. The summed E-state index contributed by atoms with van der Waals surface area (Å²) in [4.78, 5) is 17.5. The van der Waals surface area contributed by atoms with E-state index < -0.39 is 0 Å². The first-order valence-corrected chi connectivity index (χ1v) is 9.40. The highest BCUT2D eigenvalue weighted by atomic mass is 79.9. The molecular formula is C19H17BrClN3O2. The average molecular weight is 435 g/mol. The lowest BCUT2D eigenvalue weighted by Crippen LogP contribution is -2.22. The monoisotopic (exact) mass is 433 g/mol. The van der Waals surface area contributed by atoms with E-state index in [1.54, 1.807) is 18.2 Å². The van der Waals surface area contributed by atoms with Crippen molar-refractivity contribution in [2.75, 3.05) is 0 Å². The van der Waals surface area contributed by atoms with Crippen molar-refractivity contribution in [2.45, 2.75) is 26.2 Å². The molecular weight excluding hydrogens is 418 g/mol. The van der Waals surface area contributed by atoms with Crippen LogP contribution in [0.2, 0.25) is 5.02 Å². The fraction of sp³-hybridized carbons (Fsp3) is 0.211. The number of nitrogens with zero attached hydrogens (tertiary/aromatic N) is 3. The number of benzene rings is 2. The normalized spacial score (nSPS) is 11.5. The van der Waals surface area contributed by atoms with Crippen molar-refractivity contribution in [2.24, 2.45) is 5.10 Å². The molecule has 0 amide bonds. The van der Waals surface area contributed by atoms with Gasteiger partial charge in [-0.3, -0.25) is 4.79 Å². The van der Waals surface area contributed by atoms with Crippen LogP contribution in [0.15, 0.2) is 50.8 Å². The number of aromatic hydroxyl groups is 1. The van der Waals surface area contributed by atoms with Crippen LogP contribution in [-0.2, 0) is 6.42 Å². The van der Waals surface area contributed by atoms with Gasteiger partial charge in [-0.2, -0.15) is 9.78 Å². The summed E-state index contributed by atoms with van der Waals surface area (Å²) in [7, 11) is 0. The van der Waals surface area contributed by atoms with Crippen LogP contribution in [0.4, 0.5) is 0 Å². The molecule has 0 fully saturated rings. The fourth-order valence-corrected chi connectivity index (χ4v) is 3.10. The molecule has 134 valence electrons. The molecule has 26 heavy (non-hydrogen) atoms. The van der Waals surface area contributed by atoms with Crippen LogP contribution in [0, 0.1) is 0 Å². The van der Waals surface area contributed by atoms with E-state index in [1.807, 2.05) is 12.1 Å².